The van der Waals surface area contributed by atoms with E-state index in [9.17, 15) is 9.90 Å². The maximum absolute atomic E-state index is 12.4. The first-order chi connectivity index (χ1) is 14.5. The molecule has 0 unspecified atom stereocenters. The van der Waals surface area contributed by atoms with Crippen molar-refractivity contribution in [2.24, 2.45) is 0 Å². The number of rotatable bonds is 10. The third-order valence-electron chi connectivity index (χ3n) is 5.22. The predicted molar refractivity (Wildman–Crippen MR) is 119 cm³/mol. The standard InChI is InChI=1S/C24H33N3O3/c1-18(2)25-12-14-30-23-9-7-20(8-10-23)24(29)26-15-22(28)17-27-13-11-19-5-3-4-6-21(19)16-27/h3-10,18,22,25,28H,11-17H2,1-2H3,(H,26,29)/t22-/m0/s1. The molecule has 2 aromatic carbocycles. The molecule has 0 spiro atoms. The van der Waals surface area contributed by atoms with E-state index in [0.29, 0.717) is 24.8 Å². The number of aliphatic hydroxyl groups excluding tert-OH is 1. The van der Waals surface area contributed by atoms with Gasteiger partial charge in [-0.05, 0) is 41.8 Å². The zero-order valence-corrected chi connectivity index (χ0v) is 17.9. The van der Waals surface area contributed by atoms with Crippen LogP contribution in [0.3, 0.4) is 0 Å². The first-order valence-corrected chi connectivity index (χ1v) is 10.7. The predicted octanol–water partition coefficient (Wildman–Crippen LogP) is 2.21. The van der Waals surface area contributed by atoms with Crippen molar-refractivity contribution in [2.45, 2.75) is 39.0 Å². The van der Waals surface area contributed by atoms with Gasteiger partial charge >= 0.3 is 0 Å². The Labute approximate surface area is 179 Å². The number of carbonyl (C=O) groups is 1. The van der Waals surface area contributed by atoms with Crippen molar-refractivity contribution in [3.05, 3.63) is 65.2 Å². The Bertz CT molecular complexity index is 808. The van der Waals surface area contributed by atoms with E-state index in [1.807, 2.05) is 0 Å². The molecule has 1 heterocycles. The van der Waals surface area contributed by atoms with E-state index in [1.54, 1.807) is 24.3 Å². The highest BCUT2D eigenvalue weighted by molar-refractivity contribution is 5.94. The van der Waals surface area contributed by atoms with E-state index < -0.39 is 6.10 Å². The molecular weight excluding hydrogens is 378 g/mol. The Morgan fingerprint density at radius 1 is 1.13 bits per heavy atom. The first-order valence-electron chi connectivity index (χ1n) is 10.7. The summed E-state index contributed by atoms with van der Waals surface area (Å²) in [5.74, 6) is 0.550. The molecule has 1 aliphatic heterocycles. The van der Waals surface area contributed by atoms with Gasteiger partial charge in [0.05, 0.1) is 6.10 Å². The van der Waals surface area contributed by atoms with Gasteiger partial charge in [-0.15, -0.1) is 0 Å². The first kappa shape index (κ1) is 22.3. The van der Waals surface area contributed by atoms with Crippen LogP contribution < -0.4 is 15.4 Å². The van der Waals surface area contributed by atoms with Gasteiger partial charge in [-0.25, -0.2) is 0 Å². The highest BCUT2D eigenvalue weighted by Gasteiger charge is 2.19. The van der Waals surface area contributed by atoms with E-state index >= 15 is 0 Å². The molecule has 0 saturated carbocycles. The summed E-state index contributed by atoms with van der Waals surface area (Å²) < 4.78 is 5.66. The SMILES string of the molecule is CC(C)NCCOc1ccc(C(=O)NC[C@H](O)CN2CCc3ccccc3C2)cc1. The minimum atomic E-state index is -0.602. The van der Waals surface area contributed by atoms with Crippen LogP contribution in [0.25, 0.3) is 0 Å². The Balaban J connectivity index is 1.38. The summed E-state index contributed by atoms with van der Waals surface area (Å²) >= 11 is 0. The second kappa shape index (κ2) is 11.1. The average Bonchev–Trinajstić information content (AvgIpc) is 2.75. The number of nitrogens with one attached hydrogen (secondary N) is 2. The number of nitrogens with zero attached hydrogens (tertiary/aromatic N) is 1. The molecule has 0 radical (unpaired) electrons. The highest BCUT2D eigenvalue weighted by atomic mass is 16.5. The summed E-state index contributed by atoms with van der Waals surface area (Å²) in [5, 5.41) is 16.5. The number of carbonyl (C=O) groups excluding carboxylic acids is 1. The van der Waals surface area contributed by atoms with Gasteiger partial charge in [-0.1, -0.05) is 38.1 Å². The van der Waals surface area contributed by atoms with Gasteiger partial charge in [-0.2, -0.15) is 0 Å². The molecule has 3 rings (SSSR count). The number of fused-ring (bicyclic) bond motifs is 1. The molecule has 0 aromatic heterocycles. The molecule has 0 fully saturated rings. The van der Waals surface area contributed by atoms with E-state index in [0.717, 1.165) is 31.8 Å². The lowest BCUT2D eigenvalue weighted by molar-refractivity contribution is 0.0842. The third kappa shape index (κ3) is 6.83. The lowest BCUT2D eigenvalue weighted by Gasteiger charge is -2.30. The van der Waals surface area contributed by atoms with Crippen LogP contribution >= 0.6 is 0 Å². The minimum Gasteiger partial charge on any atom is -0.492 e. The largest absolute Gasteiger partial charge is 0.492 e. The molecule has 0 aliphatic carbocycles. The lowest BCUT2D eigenvalue weighted by Crippen LogP contribution is -2.42. The molecule has 0 saturated heterocycles. The van der Waals surface area contributed by atoms with Gasteiger partial charge in [0, 0.05) is 44.3 Å². The fourth-order valence-electron chi connectivity index (χ4n) is 3.60. The number of β-amino-alcohol motifs (C(OH)–C–C–N with tert-alkyl or cyclic N) is 1. The van der Waals surface area contributed by atoms with Crippen molar-refractivity contribution in [3.63, 3.8) is 0 Å². The third-order valence-corrected chi connectivity index (χ3v) is 5.22. The fourth-order valence-corrected chi connectivity index (χ4v) is 3.60. The molecule has 3 N–H and O–H groups in total. The zero-order chi connectivity index (χ0) is 21.3. The molecular formula is C24H33N3O3. The highest BCUT2D eigenvalue weighted by Crippen LogP contribution is 2.18. The second-order valence-corrected chi connectivity index (χ2v) is 8.10. The smallest absolute Gasteiger partial charge is 0.251 e. The van der Waals surface area contributed by atoms with Gasteiger partial charge in [0.25, 0.3) is 5.91 Å². The monoisotopic (exact) mass is 411 g/mol. The van der Waals surface area contributed by atoms with Crippen LogP contribution in [0.1, 0.15) is 35.3 Å². The van der Waals surface area contributed by atoms with Crippen LogP contribution in [-0.2, 0) is 13.0 Å². The maximum atomic E-state index is 12.4. The zero-order valence-electron chi connectivity index (χ0n) is 17.9. The molecule has 6 nitrogen and oxygen atoms in total. The van der Waals surface area contributed by atoms with Gasteiger partial charge < -0.3 is 20.5 Å². The molecule has 1 atom stereocenters. The van der Waals surface area contributed by atoms with Crippen molar-refractivity contribution < 1.29 is 14.6 Å². The quantitative estimate of drug-likeness (QED) is 0.523. The van der Waals surface area contributed by atoms with Crippen LogP contribution in [0.4, 0.5) is 0 Å². The summed E-state index contributed by atoms with van der Waals surface area (Å²) in [4.78, 5) is 14.6. The number of amides is 1. The number of aliphatic hydroxyl groups is 1. The van der Waals surface area contributed by atoms with E-state index in [-0.39, 0.29) is 12.5 Å². The summed E-state index contributed by atoms with van der Waals surface area (Å²) in [6.07, 6.45) is 0.396. The lowest BCUT2D eigenvalue weighted by atomic mass is 10.00. The van der Waals surface area contributed by atoms with Crippen molar-refractivity contribution in [3.8, 4) is 5.75 Å². The molecule has 30 heavy (non-hydrogen) atoms. The normalized spacial score (nSPS) is 14.9. The van der Waals surface area contributed by atoms with Crippen molar-refractivity contribution in [1.82, 2.24) is 15.5 Å². The van der Waals surface area contributed by atoms with E-state index in [1.165, 1.54) is 11.1 Å². The molecule has 1 amide bonds. The van der Waals surface area contributed by atoms with Crippen LogP contribution in [0.15, 0.2) is 48.5 Å². The second-order valence-electron chi connectivity index (χ2n) is 8.10. The van der Waals surface area contributed by atoms with Crippen LogP contribution in [0.5, 0.6) is 5.75 Å². The Morgan fingerprint density at radius 2 is 1.87 bits per heavy atom. The Morgan fingerprint density at radius 3 is 2.60 bits per heavy atom. The van der Waals surface area contributed by atoms with E-state index in [2.05, 4.69) is 53.6 Å². The summed E-state index contributed by atoms with van der Waals surface area (Å²) in [7, 11) is 0. The Kier molecular flexibility index (Phi) is 8.25. The number of ether oxygens (including phenoxy) is 1. The maximum Gasteiger partial charge on any atom is 0.251 e. The number of hydrogen-bond acceptors (Lipinski definition) is 5. The number of hydrogen-bond donors (Lipinski definition) is 3. The van der Waals surface area contributed by atoms with Gasteiger partial charge in [0.2, 0.25) is 0 Å². The van der Waals surface area contributed by atoms with Crippen molar-refractivity contribution in [1.29, 1.82) is 0 Å². The summed E-state index contributed by atoms with van der Waals surface area (Å²) in [5.41, 5.74) is 3.27. The number of benzene rings is 2. The van der Waals surface area contributed by atoms with Crippen molar-refractivity contribution >= 4 is 5.91 Å². The fraction of sp³-hybridized carbons (Fsp3) is 0.458. The Hall–Kier alpha value is -2.41. The van der Waals surface area contributed by atoms with Gasteiger partial charge in [0.15, 0.2) is 0 Å². The van der Waals surface area contributed by atoms with Crippen LogP contribution in [0.2, 0.25) is 0 Å². The average molecular weight is 412 g/mol. The summed E-state index contributed by atoms with van der Waals surface area (Å²) in [6, 6.07) is 16.0. The molecule has 162 valence electrons. The molecule has 6 heteroatoms. The van der Waals surface area contributed by atoms with Gasteiger partial charge in [0.1, 0.15) is 12.4 Å². The van der Waals surface area contributed by atoms with Crippen LogP contribution in [0, 0.1) is 0 Å². The molecule has 0 bridgehead atoms. The van der Waals surface area contributed by atoms with Crippen LogP contribution in [-0.4, -0.2) is 60.8 Å². The summed E-state index contributed by atoms with van der Waals surface area (Å²) in [6.45, 7) is 8.09. The molecule has 1 aliphatic rings. The minimum absolute atomic E-state index is 0.189. The van der Waals surface area contributed by atoms with E-state index in [4.69, 9.17) is 4.74 Å². The molecule has 2 aromatic rings. The topological polar surface area (TPSA) is 73.8 Å². The van der Waals surface area contributed by atoms with Crippen molar-refractivity contribution in [2.75, 3.05) is 32.8 Å². The van der Waals surface area contributed by atoms with Gasteiger partial charge in [-0.3, -0.25) is 9.69 Å².